The first kappa shape index (κ1) is 35.4. The number of aryl methyl sites for hydroxylation is 1. The van der Waals surface area contributed by atoms with Crippen molar-refractivity contribution in [3.63, 3.8) is 0 Å². The van der Waals surface area contributed by atoms with E-state index in [9.17, 15) is 0 Å². The predicted molar refractivity (Wildman–Crippen MR) is 258 cm³/mol. The van der Waals surface area contributed by atoms with Gasteiger partial charge in [0.05, 0.1) is 22.4 Å². The van der Waals surface area contributed by atoms with Crippen molar-refractivity contribution in [2.45, 2.75) is 31.1 Å². The molecule has 1 aliphatic carbocycles. The summed E-state index contributed by atoms with van der Waals surface area (Å²) in [7, 11) is 1.74. The third-order valence-corrected chi connectivity index (χ3v) is 14.3. The number of anilines is 3. The summed E-state index contributed by atoms with van der Waals surface area (Å²) in [6.07, 6.45) is 0. The Balaban J connectivity index is 1.13. The SMILES string of the molecule is Cc1ccc2c(c1)c1cc(-c3ccccc3)ccc1n2-c1cc2c(c3ccccc13)-c1ccc(N(c3ccc(SI)cc3)c3cccc4ccccc34)cc1C2(C)C. The van der Waals surface area contributed by atoms with Gasteiger partial charge in [0.1, 0.15) is 0 Å². The average molecular weight is 875 g/mol. The molecule has 278 valence electrons. The third-order valence-electron chi connectivity index (χ3n) is 12.4. The topological polar surface area (TPSA) is 8.17 Å². The van der Waals surface area contributed by atoms with Crippen LogP contribution in [0.25, 0.3) is 71.3 Å². The average Bonchev–Trinajstić information content (AvgIpc) is 3.70. The number of nitrogens with zero attached hydrogens (tertiary/aromatic N) is 2. The number of rotatable bonds is 6. The fourth-order valence-electron chi connectivity index (χ4n) is 9.56. The Bertz CT molecular complexity index is 3250. The van der Waals surface area contributed by atoms with Gasteiger partial charge in [-0.1, -0.05) is 138 Å². The molecule has 1 heterocycles. The second-order valence-corrected chi connectivity index (χ2v) is 18.0. The Kier molecular flexibility index (Phi) is 8.32. The minimum atomic E-state index is -0.262. The fraction of sp³-hybridized carbons (Fsp3) is 0.0741. The van der Waals surface area contributed by atoms with Crippen LogP contribution in [0.2, 0.25) is 0 Å². The van der Waals surface area contributed by atoms with Crippen LogP contribution in [0, 0.1) is 6.92 Å². The van der Waals surface area contributed by atoms with Crippen LogP contribution >= 0.6 is 30.1 Å². The Morgan fingerprint density at radius 2 is 1.19 bits per heavy atom. The maximum atomic E-state index is 2.52. The first-order valence-electron chi connectivity index (χ1n) is 19.9. The molecule has 0 radical (unpaired) electrons. The van der Waals surface area contributed by atoms with Crippen molar-refractivity contribution in [2.24, 2.45) is 0 Å². The summed E-state index contributed by atoms with van der Waals surface area (Å²) >= 11 is 2.37. The molecule has 0 bridgehead atoms. The largest absolute Gasteiger partial charge is 0.310 e. The number of aromatic nitrogens is 1. The van der Waals surface area contributed by atoms with Gasteiger partial charge in [-0.25, -0.2) is 0 Å². The summed E-state index contributed by atoms with van der Waals surface area (Å²) < 4.78 is 2.52. The molecule has 0 unspecified atom stereocenters. The van der Waals surface area contributed by atoms with E-state index in [2.05, 4.69) is 233 Å². The Hall–Kier alpha value is -5.82. The zero-order chi connectivity index (χ0) is 39.1. The van der Waals surface area contributed by atoms with E-state index in [0.29, 0.717) is 0 Å². The van der Waals surface area contributed by atoms with Crippen molar-refractivity contribution in [1.29, 1.82) is 0 Å². The molecule has 9 aromatic carbocycles. The second-order valence-electron chi connectivity index (χ2n) is 16.1. The van der Waals surface area contributed by atoms with E-state index < -0.39 is 0 Å². The molecular weight excluding hydrogens is 836 g/mol. The van der Waals surface area contributed by atoms with Gasteiger partial charge in [0.25, 0.3) is 0 Å². The highest BCUT2D eigenvalue weighted by Gasteiger charge is 2.38. The summed E-state index contributed by atoms with van der Waals surface area (Å²) in [6.45, 7) is 7.02. The normalized spacial score (nSPS) is 13.0. The Morgan fingerprint density at radius 1 is 0.517 bits per heavy atom. The van der Waals surface area contributed by atoms with Crippen LogP contribution < -0.4 is 4.90 Å². The maximum absolute atomic E-state index is 2.52. The Labute approximate surface area is 355 Å². The lowest BCUT2D eigenvalue weighted by molar-refractivity contribution is 0.660. The van der Waals surface area contributed by atoms with Crippen molar-refractivity contribution in [3.05, 3.63) is 199 Å². The molecule has 0 N–H and O–H groups in total. The number of benzene rings is 9. The van der Waals surface area contributed by atoms with Crippen molar-refractivity contribution in [2.75, 3.05) is 4.90 Å². The summed E-state index contributed by atoms with van der Waals surface area (Å²) in [5.74, 6) is 0. The molecule has 4 heteroatoms. The van der Waals surface area contributed by atoms with E-state index in [-0.39, 0.29) is 5.41 Å². The first-order chi connectivity index (χ1) is 28.4. The highest BCUT2D eigenvalue weighted by molar-refractivity contribution is 14.2. The van der Waals surface area contributed by atoms with Gasteiger partial charge in [0, 0.05) is 64.4 Å². The molecule has 0 spiro atoms. The summed E-state index contributed by atoms with van der Waals surface area (Å²) in [5.41, 5.74) is 16.0. The summed E-state index contributed by atoms with van der Waals surface area (Å²) in [5, 5.41) is 7.56. The van der Waals surface area contributed by atoms with Crippen LogP contribution in [0.15, 0.2) is 187 Å². The molecule has 1 aliphatic rings. The number of fused-ring (bicyclic) bond motifs is 9. The lowest BCUT2D eigenvalue weighted by atomic mass is 9.81. The summed E-state index contributed by atoms with van der Waals surface area (Å²) in [4.78, 5) is 3.68. The van der Waals surface area contributed by atoms with Gasteiger partial charge in [-0.3, -0.25) is 0 Å². The molecule has 0 saturated carbocycles. The van der Waals surface area contributed by atoms with Gasteiger partial charge in [-0.15, -0.1) is 0 Å². The highest BCUT2D eigenvalue weighted by atomic mass is 127. The van der Waals surface area contributed by atoms with Gasteiger partial charge in [0.15, 0.2) is 0 Å². The van der Waals surface area contributed by atoms with E-state index in [1.54, 1.807) is 8.93 Å². The number of halogens is 1. The van der Waals surface area contributed by atoms with Gasteiger partial charge < -0.3 is 9.47 Å². The molecular formula is C54H39IN2S. The molecule has 2 nitrogen and oxygen atoms in total. The first-order valence-corrected chi connectivity index (χ1v) is 23.2. The van der Waals surface area contributed by atoms with Crippen LogP contribution in [-0.2, 0) is 5.41 Å². The molecule has 0 saturated heterocycles. The minimum absolute atomic E-state index is 0.262. The van der Waals surface area contributed by atoms with E-state index in [0.717, 1.165) is 11.4 Å². The van der Waals surface area contributed by atoms with E-state index in [1.165, 1.54) is 98.6 Å². The molecule has 10 aromatic rings. The van der Waals surface area contributed by atoms with Crippen LogP contribution in [0.5, 0.6) is 0 Å². The molecule has 58 heavy (non-hydrogen) atoms. The lowest BCUT2D eigenvalue weighted by Gasteiger charge is -2.29. The fourth-order valence-corrected chi connectivity index (χ4v) is 10.7. The molecule has 0 aliphatic heterocycles. The van der Waals surface area contributed by atoms with Gasteiger partial charge in [-0.2, -0.15) is 0 Å². The van der Waals surface area contributed by atoms with Crippen molar-refractivity contribution in [3.8, 4) is 27.9 Å². The smallest absolute Gasteiger partial charge is 0.0544 e. The monoisotopic (exact) mass is 874 g/mol. The summed E-state index contributed by atoms with van der Waals surface area (Å²) in [6, 6.07) is 67.7. The second kappa shape index (κ2) is 13.6. The molecule has 0 fully saturated rings. The van der Waals surface area contributed by atoms with Crippen molar-refractivity contribution >= 4 is 90.6 Å². The van der Waals surface area contributed by atoms with Crippen molar-refractivity contribution < 1.29 is 0 Å². The minimum Gasteiger partial charge on any atom is -0.310 e. The van der Waals surface area contributed by atoms with Crippen LogP contribution in [-0.4, -0.2) is 4.57 Å². The molecule has 1 aromatic heterocycles. The Morgan fingerprint density at radius 3 is 1.98 bits per heavy atom. The standard InChI is InChI=1S/C54H39IN2S/c1-34-20-28-50-45(30-34)46-31-37(35-12-5-4-6-13-35)21-29-51(46)57(50)52-33-48-53(43-18-10-9-17-42(43)52)44-27-24-39(32-47(44)54(48,2)3)56(38-22-25-40(58-55)26-23-38)49-19-11-15-36-14-7-8-16-41(36)49/h4-33H,1-3H3. The maximum Gasteiger partial charge on any atom is 0.0544 e. The number of hydrogen-bond donors (Lipinski definition) is 0. The van der Waals surface area contributed by atoms with Crippen LogP contribution in [0.3, 0.4) is 0 Å². The lowest BCUT2D eigenvalue weighted by Crippen LogP contribution is -2.17. The third kappa shape index (κ3) is 5.45. The van der Waals surface area contributed by atoms with E-state index in [1.807, 2.05) is 0 Å². The van der Waals surface area contributed by atoms with E-state index >= 15 is 0 Å². The molecule has 0 atom stereocenters. The van der Waals surface area contributed by atoms with E-state index in [4.69, 9.17) is 0 Å². The van der Waals surface area contributed by atoms with Gasteiger partial charge in [-0.05, 0) is 124 Å². The quantitative estimate of drug-likeness (QED) is 0.154. The van der Waals surface area contributed by atoms with Crippen LogP contribution in [0.1, 0.15) is 30.5 Å². The highest BCUT2D eigenvalue weighted by Crippen LogP contribution is 2.55. The van der Waals surface area contributed by atoms with Crippen molar-refractivity contribution in [1.82, 2.24) is 4.57 Å². The molecule has 0 amide bonds. The van der Waals surface area contributed by atoms with Gasteiger partial charge in [0.2, 0.25) is 0 Å². The van der Waals surface area contributed by atoms with Crippen LogP contribution in [0.4, 0.5) is 17.1 Å². The number of hydrogen-bond acceptors (Lipinski definition) is 2. The zero-order valence-electron chi connectivity index (χ0n) is 32.5. The van der Waals surface area contributed by atoms with Gasteiger partial charge >= 0.3 is 0 Å². The zero-order valence-corrected chi connectivity index (χ0v) is 35.5. The predicted octanol–water partition coefficient (Wildman–Crippen LogP) is 16.3. The molecule has 11 rings (SSSR count).